The van der Waals surface area contributed by atoms with Crippen molar-refractivity contribution in [2.75, 3.05) is 13.1 Å². The molecule has 0 aromatic carbocycles. The number of rotatable bonds is 5. The van der Waals surface area contributed by atoms with Crippen molar-refractivity contribution in [1.29, 1.82) is 0 Å². The molecule has 0 bridgehead atoms. The summed E-state index contributed by atoms with van der Waals surface area (Å²) >= 11 is 0. The van der Waals surface area contributed by atoms with E-state index in [-0.39, 0.29) is 36.2 Å². The predicted octanol–water partition coefficient (Wildman–Crippen LogP) is 0.519. The van der Waals surface area contributed by atoms with Crippen LogP contribution in [0.2, 0.25) is 0 Å². The summed E-state index contributed by atoms with van der Waals surface area (Å²) in [5.41, 5.74) is 5.75. The van der Waals surface area contributed by atoms with Gasteiger partial charge in [-0.2, -0.15) is 0 Å². The predicted molar refractivity (Wildman–Crippen MR) is 73.5 cm³/mol. The van der Waals surface area contributed by atoms with Crippen molar-refractivity contribution in [3.8, 4) is 0 Å². The molecule has 18 heavy (non-hydrogen) atoms. The molecule has 0 spiro atoms. The molecule has 1 aliphatic heterocycles. The van der Waals surface area contributed by atoms with Gasteiger partial charge in [-0.1, -0.05) is 13.8 Å². The number of halogens is 1. The molecule has 1 fully saturated rings. The van der Waals surface area contributed by atoms with Gasteiger partial charge in [0.1, 0.15) is 0 Å². The van der Waals surface area contributed by atoms with E-state index in [1.54, 1.807) is 4.90 Å². The maximum atomic E-state index is 11.7. The fourth-order valence-corrected chi connectivity index (χ4v) is 1.92. The summed E-state index contributed by atoms with van der Waals surface area (Å²) in [5, 5.41) is 2.85. The number of nitrogens with one attached hydrogen (secondary N) is 1. The maximum Gasteiger partial charge on any atom is 0.237 e. The molecular formula is C12H24ClN3O2. The minimum atomic E-state index is -0.480. The Balaban J connectivity index is 0.00000289. The van der Waals surface area contributed by atoms with E-state index in [2.05, 4.69) is 5.32 Å². The number of carbonyl (C=O) groups is 2. The lowest BCUT2D eigenvalue weighted by Crippen LogP contribution is -2.50. The Morgan fingerprint density at radius 3 is 2.50 bits per heavy atom. The second kappa shape index (κ2) is 7.59. The van der Waals surface area contributed by atoms with Gasteiger partial charge in [0, 0.05) is 25.6 Å². The lowest BCUT2D eigenvalue weighted by atomic mass is 10.0. The number of nitrogens with two attached hydrogens (primary N) is 1. The zero-order chi connectivity index (χ0) is 13.0. The Morgan fingerprint density at radius 1 is 1.44 bits per heavy atom. The van der Waals surface area contributed by atoms with Crippen LogP contribution in [0.5, 0.6) is 0 Å². The molecule has 1 aliphatic rings. The van der Waals surface area contributed by atoms with Crippen LogP contribution in [0, 0.1) is 5.92 Å². The second-order valence-electron chi connectivity index (χ2n) is 5.12. The second-order valence-corrected chi connectivity index (χ2v) is 5.12. The lowest BCUT2D eigenvalue weighted by Gasteiger charge is -2.24. The monoisotopic (exact) mass is 277 g/mol. The summed E-state index contributed by atoms with van der Waals surface area (Å²) in [4.78, 5) is 24.9. The fourth-order valence-electron chi connectivity index (χ4n) is 1.92. The zero-order valence-electron chi connectivity index (χ0n) is 11.3. The van der Waals surface area contributed by atoms with Gasteiger partial charge >= 0.3 is 0 Å². The standard InChI is InChI=1S/C12H23N3O2.ClH/c1-8(2)11(13)12(17)14-9(3)7-15-6-4-5-10(15)16;/h8-9,11H,4-7,13H2,1-3H3,(H,14,17);1H/t9?,11-;/m1./s1. The van der Waals surface area contributed by atoms with Crippen molar-refractivity contribution < 1.29 is 9.59 Å². The van der Waals surface area contributed by atoms with Crippen LogP contribution in [0.1, 0.15) is 33.6 Å². The zero-order valence-corrected chi connectivity index (χ0v) is 12.1. The Bertz CT molecular complexity index is 297. The van der Waals surface area contributed by atoms with Crippen molar-refractivity contribution in [2.24, 2.45) is 11.7 Å². The number of carbonyl (C=O) groups excluding carboxylic acids is 2. The highest BCUT2D eigenvalue weighted by Crippen LogP contribution is 2.09. The van der Waals surface area contributed by atoms with Gasteiger partial charge in [0.05, 0.1) is 6.04 Å². The van der Waals surface area contributed by atoms with E-state index in [0.29, 0.717) is 13.0 Å². The quantitative estimate of drug-likeness (QED) is 0.769. The molecule has 6 heteroatoms. The normalized spacial score (nSPS) is 18.5. The molecule has 0 aromatic rings. The van der Waals surface area contributed by atoms with E-state index in [1.807, 2.05) is 20.8 Å². The summed E-state index contributed by atoms with van der Waals surface area (Å²) < 4.78 is 0. The van der Waals surface area contributed by atoms with Crippen LogP contribution in [-0.4, -0.2) is 41.9 Å². The molecule has 0 saturated carbocycles. The topological polar surface area (TPSA) is 75.4 Å². The van der Waals surface area contributed by atoms with Crippen molar-refractivity contribution in [2.45, 2.75) is 45.7 Å². The average molecular weight is 278 g/mol. The molecule has 2 amide bonds. The third-order valence-electron chi connectivity index (χ3n) is 3.08. The number of likely N-dealkylation sites (tertiary alicyclic amines) is 1. The first-order valence-corrected chi connectivity index (χ1v) is 6.25. The van der Waals surface area contributed by atoms with Gasteiger partial charge in [0.25, 0.3) is 0 Å². The third kappa shape index (κ3) is 4.82. The van der Waals surface area contributed by atoms with E-state index >= 15 is 0 Å². The van der Waals surface area contributed by atoms with Crippen molar-refractivity contribution >= 4 is 24.2 Å². The molecule has 2 atom stereocenters. The van der Waals surface area contributed by atoms with Crippen LogP contribution in [0.4, 0.5) is 0 Å². The first-order valence-electron chi connectivity index (χ1n) is 6.25. The minimum Gasteiger partial charge on any atom is -0.351 e. The van der Waals surface area contributed by atoms with Crippen LogP contribution in [-0.2, 0) is 9.59 Å². The molecule has 0 radical (unpaired) electrons. The largest absolute Gasteiger partial charge is 0.351 e. The van der Waals surface area contributed by atoms with Gasteiger partial charge in [-0.25, -0.2) is 0 Å². The SMILES string of the molecule is CC(CN1CCCC1=O)NC(=O)[C@H](N)C(C)C.Cl. The Kier molecular flexibility index (Phi) is 7.25. The van der Waals surface area contributed by atoms with E-state index in [1.165, 1.54) is 0 Å². The average Bonchev–Trinajstić information content (AvgIpc) is 2.62. The van der Waals surface area contributed by atoms with Crippen LogP contribution in [0.25, 0.3) is 0 Å². The smallest absolute Gasteiger partial charge is 0.237 e. The maximum absolute atomic E-state index is 11.7. The first-order chi connectivity index (χ1) is 7.91. The summed E-state index contributed by atoms with van der Waals surface area (Å²) in [6.07, 6.45) is 1.55. The molecular weight excluding hydrogens is 254 g/mol. The van der Waals surface area contributed by atoms with E-state index < -0.39 is 6.04 Å². The van der Waals surface area contributed by atoms with Gasteiger partial charge in [-0.15, -0.1) is 12.4 Å². The van der Waals surface area contributed by atoms with E-state index in [4.69, 9.17) is 5.73 Å². The molecule has 1 unspecified atom stereocenters. The van der Waals surface area contributed by atoms with Crippen molar-refractivity contribution in [3.63, 3.8) is 0 Å². The Morgan fingerprint density at radius 2 is 2.06 bits per heavy atom. The van der Waals surface area contributed by atoms with E-state index in [9.17, 15) is 9.59 Å². The number of hydrogen-bond donors (Lipinski definition) is 2. The summed E-state index contributed by atoms with van der Waals surface area (Å²) in [7, 11) is 0. The van der Waals surface area contributed by atoms with Crippen LogP contribution in [0.3, 0.4) is 0 Å². The fraction of sp³-hybridized carbons (Fsp3) is 0.833. The molecule has 106 valence electrons. The summed E-state index contributed by atoms with van der Waals surface area (Å²) in [6.45, 7) is 7.11. The number of amides is 2. The van der Waals surface area contributed by atoms with Crippen LogP contribution < -0.4 is 11.1 Å². The molecule has 0 aliphatic carbocycles. The lowest BCUT2D eigenvalue weighted by molar-refractivity contribution is -0.129. The molecule has 3 N–H and O–H groups in total. The molecule has 0 aromatic heterocycles. The van der Waals surface area contributed by atoms with Crippen molar-refractivity contribution in [3.05, 3.63) is 0 Å². The Hall–Kier alpha value is -0.810. The highest BCUT2D eigenvalue weighted by molar-refractivity contribution is 5.85. The van der Waals surface area contributed by atoms with Gasteiger partial charge in [0.2, 0.25) is 11.8 Å². The minimum absolute atomic E-state index is 0. The highest BCUT2D eigenvalue weighted by atomic mass is 35.5. The Labute approximate surface area is 115 Å². The molecule has 1 rings (SSSR count). The molecule has 1 heterocycles. The summed E-state index contributed by atoms with van der Waals surface area (Å²) in [5.74, 6) is 0.161. The molecule has 1 saturated heterocycles. The van der Waals surface area contributed by atoms with E-state index in [0.717, 1.165) is 13.0 Å². The summed E-state index contributed by atoms with van der Waals surface area (Å²) in [6, 6.07) is -0.527. The van der Waals surface area contributed by atoms with Gasteiger partial charge < -0.3 is 16.0 Å². The molecule has 5 nitrogen and oxygen atoms in total. The van der Waals surface area contributed by atoms with Gasteiger partial charge in [-0.3, -0.25) is 9.59 Å². The highest BCUT2D eigenvalue weighted by Gasteiger charge is 2.24. The van der Waals surface area contributed by atoms with Crippen LogP contribution in [0.15, 0.2) is 0 Å². The van der Waals surface area contributed by atoms with Gasteiger partial charge in [0.15, 0.2) is 0 Å². The third-order valence-corrected chi connectivity index (χ3v) is 3.08. The van der Waals surface area contributed by atoms with Crippen molar-refractivity contribution in [1.82, 2.24) is 10.2 Å². The first kappa shape index (κ1) is 17.2. The van der Waals surface area contributed by atoms with Crippen LogP contribution >= 0.6 is 12.4 Å². The number of hydrogen-bond acceptors (Lipinski definition) is 3. The van der Waals surface area contributed by atoms with Gasteiger partial charge in [-0.05, 0) is 19.3 Å². The number of nitrogens with zero attached hydrogens (tertiary/aromatic N) is 1.